The van der Waals surface area contributed by atoms with E-state index in [-0.39, 0.29) is 0 Å². The normalized spacial score (nSPS) is 11.2. The first-order valence-corrected chi connectivity index (χ1v) is 2.50. The Hall–Kier alpha value is -0.860. The molecule has 0 atom stereocenters. The van der Waals surface area contributed by atoms with Crippen LogP contribution in [0.2, 0.25) is 0 Å². The summed E-state index contributed by atoms with van der Waals surface area (Å²) in [6, 6.07) is 0. The zero-order valence-corrected chi connectivity index (χ0v) is 5.26. The summed E-state index contributed by atoms with van der Waals surface area (Å²) in [6.45, 7) is 2.50. The maximum Gasteiger partial charge on any atom is 0.108 e. The van der Waals surface area contributed by atoms with E-state index in [2.05, 4.69) is 15.3 Å². The zero-order chi connectivity index (χ0) is 6.24. The molecule has 0 saturated carbocycles. The average molecular weight is 113 g/mol. The lowest BCUT2D eigenvalue weighted by molar-refractivity contribution is 0.946. The molecule has 0 aromatic carbocycles. The molecule has 1 N–H and O–H groups in total. The second-order valence-corrected chi connectivity index (χ2v) is 1.19. The zero-order valence-electron chi connectivity index (χ0n) is 5.26. The number of nitrogens with one attached hydrogen (secondary N) is 1. The van der Waals surface area contributed by atoms with Gasteiger partial charge in [0.25, 0.3) is 0 Å². The molecule has 0 fully saturated rings. The average Bonchev–Trinajstić information content (AvgIpc) is 1.81. The van der Waals surface area contributed by atoms with Crippen LogP contribution in [0.15, 0.2) is 9.98 Å². The molecule has 0 rings (SSSR count). The van der Waals surface area contributed by atoms with Gasteiger partial charge in [-0.2, -0.15) is 0 Å². The van der Waals surface area contributed by atoms with Crippen molar-refractivity contribution in [1.82, 2.24) is 5.32 Å². The quantitative estimate of drug-likeness (QED) is 0.318. The first kappa shape index (κ1) is 7.14. The summed E-state index contributed by atoms with van der Waals surface area (Å²) in [5.74, 6) is 0. The Kier molecular flexibility index (Phi) is 5.48. The third-order valence-corrected chi connectivity index (χ3v) is 0.586. The van der Waals surface area contributed by atoms with Crippen LogP contribution in [0.3, 0.4) is 0 Å². The Morgan fingerprint density at radius 1 is 1.62 bits per heavy atom. The first-order valence-electron chi connectivity index (χ1n) is 2.50. The van der Waals surface area contributed by atoms with E-state index in [9.17, 15) is 0 Å². The van der Waals surface area contributed by atoms with Crippen molar-refractivity contribution in [3.05, 3.63) is 0 Å². The molecule has 8 heavy (non-hydrogen) atoms. The number of rotatable bonds is 3. The minimum atomic E-state index is 0.619. The molecule has 46 valence electrons. The van der Waals surface area contributed by atoms with Crippen molar-refractivity contribution in [2.75, 3.05) is 13.7 Å². The van der Waals surface area contributed by atoms with Crippen molar-refractivity contribution in [2.45, 2.75) is 6.92 Å². The third kappa shape index (κ3) is 5.14. The second-order valence-electron chi connectivity index (χ2n) is 1.19. The van der Waals surface area contributed by atoms with Crippen LogP contribution >= 0.6 is 0 Å². The molecule has 0 saturated heterocycles. The third-order valence-electron chi connectivity index (χ3n) is 0.586. The summed E-state index contributed by atoms with van der Waals surface area (Å²) in [5.41, 5.74) is 0. The standard InChI is InChI=1S/C5H11N3/c1-3-7-5-8-4-6-2/h3-4H,5H2,1-2H3,(H,6,8)/b7-3+. The maximum atomic E-state index is 3.88. The van der Waals surface area contributed by atoms with Gasteiger partial charge in [0, 0.05) is 7.05 Å². The highest BCUT2D eigenvalue weighted by molar-refractivity contribution is 5.56. The number of nitrogens with zero attached hydrogens (tertiary/aromatic N) is 2. The molecule has 0 spiro atoms. The van der Waals surface area contributed by atoms with Gasteiger partial charge in [0.2, 0.25) is 0 Å². The van der Waals surface area contributed by atoms with Gasteiger partial charge in [-0.3, -0.25) is 9.98 Å². The summed E-state index contributed by atoms with van der Waals surface area (Å²) in [6.07, 6.45) is 3.36. The summed E-state index contributed by atoms with van der Waals surface area (Å²) in [4.78, 5) is 7.58. The van der Waals surface area contributed by atoms with Crippen molar-refractivity contribution in [2.24, 2.45) is 9.98 Å². The van der Waals surface area contributed by atoms with Gasteiger partial charge in [0.05, 0.1) is 6.34 Å². The van der Waals surface area contributed by atoms with Crippen LogP contribution in [-0.4, -0.2) is 26.3 Å². The molecular formula is C5H11N3. The van der Waals surface area contributed by atoms with E-state index >= 15 is 0 Å². The lowest BCUT2D eigenvalue weighted by atomic mass is 10.9. The molecule has 0 heterocycles. The van der Waals surface area contributed by atoms with Crippen LogP contribution in [0, 0.1) is 0 Å². The van der Waals surface area contributed by atoms with Gasteiger partial charge in [-0.1, -0.05) is 0 Å². The van der Waals surface area contributed by atoms with Gasteiger partial charge in [0.1, 0.15) is 6.67 Å². The Morgan fingerprint density at radius 3 is 2.88 bits per heavy atom. The molecule has 0 bridgehead atoms. The highest BCUT2D eigenvalue weighted by atomic mass is 15.0. The molecule has 0 aliphatic carbocycles. The van der Waals surface area contributed by atoms with E-state index in [1.165, 1.54) is 0 Å². The molecule has 3 nitrogen and oxygen atoms in total. The molecule has 0 radical (unpaired) electrons. The summed E-state index contributed by atoms with van der Waals surface area (Å²) in [5, 5.41) is 2.85. The van der Waals surface area contributed by atoms with E-state index < -0.39 is 0 Å². The van der Waals surface area contributed by atoms with Gasteiger partial charge in [-0.05, 0) is 13.1 Å². The SMILES string of the molecule is C/C=N/CNC=NC. The number of aliphatic imine (C=N–C) groups is 2. The molecule has 0 aliphatic rings. The minimum Gasteiger partial charge on any atom is -0.358 e. The minimum absolute atomic E-state index is 0.619. The monoisotopic (exact) mass is 113 g/mol. The maximum absolute atomic E-state index is 3.88. The van der Waals surface area contributed by atoms with Crippen molar-refractivity contribution < 1.29 is 0 Å². The fraction of sp³-hybridized carbons (Fsp3) is 0.600. The van der Waals surface area contributed by atoms with Gasteiger partial charge in [0.15, 0.2) is 0 Å². The highest BCUT2D eigenvalue weighted by Crippen LogP contribution is 1.56. The Bertz CT molecular complexity index is 73.7. The van der Waals surface area contributed by atoms with Crippen LogP contribution in [0.25, 0.3) is 0 Å². The topological polar surface area (TPSA) is 36.8 Å². The van der Waals surface area contributed by atoms with Crippen molar-refractivity contribution in [1.29, 1.82) is 0 Å². The van der Waals surface area contributed by atoms with E-state index in [0.717, 1.165) is 0 Å². The summed E-state index contributed by atoms with van der Waals surface area (Å²) >= 11 is 0. The lowest BCUT2D eigenvalue weighted by Crippen LogP contribution is -2.09. The van der Waals surface area contributed by atoms with Crippen molar-refractivity contribution in [3.63, 3.8) is 0 Å². The largest absolute Gasteiger partial charge is 0.358 e. The van der Waals surface area contributed by atoms with E-state index in [1.807, 2.05) is 6.92 Å². The van der Waals surface area contributed by atoms with Gasteiger partial charge < -0.3 is 5.32 Å². The molecule has 0 aromatic rings. The van der Waals surface area contributed by atoms with Crippen LogP contribution in [0.1, 0.15) is 6.92 Å². The summed E-state index contributed by atoms with van der Waals surface area (Å²) < 4.78 is 0. The highest BCUT2D eigenvalue weighted by Gasteiger charge is 1.66. The second kappa shape index (κ2) is 6.14. The van der Waals surface area contributed by atoms with Crippen LogP contribution in [0.5, 0.6) is 0 Å². The fourth-order valence-electron chi connectivity index (χ4n) is 0.276. The molecule has 0 aliphatic heterocycles. The van der Waals surface area contributed by atoms with Gasteiger partial charge >= 0.3 is 0 Å². The molecule has 0 amide bonds. The van der Waals surface area contributed by atoms with Crippen molar-refractivity contribution >= 4 is 12.6 Å². The Morgan fingerprint density at radius 2 is 2.38 bits per heavy atom. The first-order chi connectivity index (χ1) is 3.91. The van der Waals surface area contributed by atoms with Crippen molar-refractivity contribution in [3.8, 4) is 0 Å². The molecule has 3 heteroatoms. The smallest absolute Gasteiger partial charge is 0.108 e. The fourth-order valence-corrected chi connectivity index (χ4v) is 0.276. The van der Waals surface area contributed by atoms with Gasteiger partial charge in [-0.15, -0.1) is 0 Å². The predicted molar refractivity (Wildman–Crippen MR) is 36.6 cm³/mol. The van der Waals surface area contributed by atoms with Crippen LogP contribution in [-0.2, 0) is 0 Å². The lowest BCUT2D eigenvalue weighted by Gasteiger charge is -1.88. The van der Waals surface area contributed by atoms with E-state index in [4.69, 9.17) is 0 Å². The number of hydrogen-bond acceptors (Lipinski definition) is 2. The molecule has 0 aromatic heterocycles. The van der Waals surface area contributed by atoms with Crippen LogP contribution in [0.4, 0.5) is 0 Å². The van der Waals surface area contributed by atoms with E-state index in [0.29, 0.717) is 6.67 Å². The predicted octanol–water partition coefficient (Wildman–Crippen LogP) is 0.282. The van der Waals surface area contributed by atoms with Gasteiger partial charge in [-0.25, -0.2) is 0 Å². The molecule has 0 unspecified atom stereocenters. The van der Waals surface area contributed by atoms with E-state index in [1.54, 1.807) is 19.6 Å². The Labute approximate surface area is 49.5 Å². The Balaban J connectivity index is 2.93. The molecular weight excluding hydrogens is 102 g/mol. The number of hydrogen-bond donors (Lipinski definition) is 1. The van der Waals surface area contributed by atoms with Crippen LogP contribution < -0.4 is 5.32 Å². The summed E-state index contributed by atoms with van der Waals surface area (Å²) in [7, 11) is 1.71.